The minimum Gasteiger partial charge on any atom is -0.343 e. The molecule has 1 saturated carbocycles. The van der Waals surface area contributed by atoms with Crippen molar-refractivity contribution in [2.24, 2.45) is 11.8 Å². The molecular formula is C20H27N3O2. The second-order valence-electron chi connectivity index (χ2n) is 7.74. The van der Waals surface area contributed by atoms with Crippen LogP contribution in [0.1, 0.15) is 44.2 Å². The lowest BCUT2D eigenvalue weighted by atomic mass is 9.71. The number of piperidine rings is 1. The third-order valence-corrected chi connectivity index (χ3v) is 6.32. The van der Waals surface area contributed by atoms with Crippen LogP contribution < -0.4 is 5.32 Å². The monoisotopic (exact) mass is 341 g/mol. The maximum atomic E-state index is 13.0. The number of rotatable bonds is 2. The Balaban J connectivity index is 1.42. The molecule has 2 heterocycles. The van der Waals surface area contributed by atoms with Crippen LogP contribution in [-0.2, 0) is 4.79 Å². The van der Waals surface area contributed by atoms with Crippen LogP contribution in [-0.4, -0.2) is 47.4 Å². The van der Waals surface area contributed by atoms with E-state index in [0.717, 1.165) is 32.5 Å². The molecule has 0 radical (unpaired) electrons. The Morgan fingerprint density at radius 2 is 1.76 bits per heavy atom. The van der Waals surface area contributed by atoms with Gasteiger partial charge in [0.25, 0.3) is 0 Å². The van der Waals surface area contributed by atoms with Crippen molar-refractivity contribution in [2.75, 3.05) is 19.6 Å². The van der Waals surface area contributed by atoms with Crippen LogP contribution in [0.2, 0.25) is 0 Å². The number of urea groups is 1. The first kappa shape index (κ1) is 16.4. The molecule has 3 amide bonds. The Morgan fingerprint density at radius 1 is 1.04 bits per heavy atom. The standard InChI is InChI=1S/C20H27N3O2/c1-14(24)22-11-9-17(10-12-22)21-20(25)23-13-16-7-8-18(16)19(23)15-5-3-2-4-6-15/h2-6,16-19H,7-13H2,1H3,(H,21,25)/t16-,18-,19-/m0/s1. The fourth-order valence-corrected chi connectivity index (χ4v) is 4.72. The van der Waals surface area contributed by atoms with Gasteiger partial charge in [0, 0.05) is 32.6 Å². The normalized spacial score (nSPS) is 29.1. The molecule has 3 aliphatic rings. The first-order valence-corrected chi connectivity index (χ1v) is 9.51. The number of benzene rings is 1. The smallest absolute Gasteiger partial charge is 0.318 e. The first-order chi connectivity index (χ1) is 12.1. The molecule has 2 aliphatic heterocycles. The number of fused-ring (bicyclic) bond motifs is 1. The Morgan fingerprint density at radius 3 is 2.36 bits per heavy atom. The van der Waals surface area contributed by atoms with Gasteiger partial charge in [0.15, 0.2) is 0 Å². The van der Waals surface area contributed by atoms with Gasteiger partial charge < -0.3 is 15.1 Å². The summed E-state index contributed by atoms with van der Waals surface area (Å²) in [7, 11) is 0. The van der Waals surface area contributed by atoms with Gasteiger partial charge in [-0.1, -0.05) is 30.3 Å². The Bertz CT molecular complexity index is 640. The van der Waals surface area contributed by atoms with Gasteiger partial charge in [0.2, 0.25) is 5.91 Å². The van der Waals surface area contributed by atoms with Gasteiger partial charge in [-0.25, -0.2) is 4.79 Å². The third kappa shape index (κ3) is 3.12. The van der Waals surface area contributed by atoms with Gasteiger partial charge in [0.1, 0.15) is 0 Å². The SMILES string of the molecule is CC(=O)N1CCC(NC(=O)N2C[C@@H]3CC[C@@H]3[C@@H]2c2ccccc2)CC1. The summed E-state index contributed by atoms with van der Waals surface area (Å²) in [5.74, 6) is 1.41. The molecular weight excluding hydrogens is 314 g/mol. The van der Waals surface area contributed by atoms with E-state index in [1.165, 1.54) is 18.4 Å². The number of nitrogens with one attached hydrogen (secondary N) is 1. The lowest BCUT2D eigenvalue weighted by Crippen LogP contribution is -2.50. The third-order valence-electron chi connectivity index (χ3n) is 6.32. The molecule has 5 nitrogen and oxygen atoms in total. The Kier molecular flexibility index (Phi) is 4.40. The van der Waals surface area contributed by atoms with Gasteiger partial charge in [-0.05, 0) is 43.1 Å². The first-order valence-electron chi connectivity index (χ1n) is 9.51. The van der Waals surface area contributed by atoms with Crippen LogP contribution in [0, 0.1) is 11.8 Å². The summed E-state index contributed by atoms with van der Waals surface area (Å²) < 4.78 is 0. The number of hydrogen-bond donors (Lipinski definition) is 1. The number of carbonyl (C=O) groups is 2. The van der Waals surface area contributed by atoms with Crippen molar-refractivity contribution in [3.05, 3.63) is 35.9 Å². The van der Waals surface area contributed by atoms with E-state index >= 15 is 0 Å². The molecule has 4 rings (SSSR count). The van der Waals surface area contributed by atoms with E-state index in [0.29, 0.717) is 11.8 Å². The minimum atomic E-state index is 0.0736. The molecule has 0 bridgehead atoms. The van der Waals surface area contributed by atoms with Crippen molar-refractivity contribution in [1.29, 1.82) is 0 Å². The van der Waals surface area contributed by atoms with Crippen LogP contribution in [0.5, 0.6) is 0 Å². The van der Waals surface area contributed by atoms with Crippen molar-refractivity contribution >= 4 is 11.9 Å². The van der Waals surface area contributed by atoms with Crippen LogP contribution in [0.15, 0.2) is 30.3 Å². The largest absolute Gasteiger partial charge is 0.343 e. The quantitative estimate of drug-likeness (QED) is 0.899. The lowest BCUT2D eigenvalue weighted by molar-refractivity contribution is -0.129. The molecule has 1 aromatic rings. The van der Waals surface area contributed by atoms with Crippen molar-refractivity contribution in [3.8, 4) is 0 Å². The summed E-state index contributed by atoms with van der Waals surface area (Å²) >= 11 is 0. The summed E-state index contributed by atoms with van der Waals surface area (Å²) in [6.45, 7) is 3.98. The summed E-state index contributed by atoms with van der Waals surface area (Å²) in [5.41, 5.74) is 1.26. The highest BCUT2D eigenvalue weighted by atomic mass is 16.2. The average Bonchev–Trinajstić information content (AvgIpc) is 2.87. The van der Waals surface area contributed by atoms with Gasteiger partial charge in [-0.15, -0.1) is 0 Å². The Labute approximate surface area is 149 Å². The minimum absolute atomic E-state index is 0.0736. The molecule has 0 aromatic heterocycles. The predicted molar refractivity (Wildman–Crippen MR) is 95.9 cm³/mol. The van der Waals surface area contributed by atoms with E-state index in [2.05, 4.69) is 34.5 Å². The van der Waals surface area contributed by atoms with Crippen molar-refractivity contribution in [1.82, 2.24) is 15.1 Å². The molecule has 3 atom stereocenters. The zero-order valence-electron chi connectivity index (χ0n) is 14.9. The van der Waals surface area contributed by atoms with E-state index in [1.54, 1.807) is 6.92 Å². The van der Waals surface area contributed by atoms with Gasteiger partial charge in [-0.3, -0.25) is 4.79 Å². The van der Waals surface area contributed by atoms with Crippen LogP contribution in [0.25, 0.3) is 0 Å². The molecule has 1 aromatic carbocycles. The second-order valence-corrected chi connectivity index (χ2v) is 7.74. The number of likely N-dealkylation sites (tertiary alicyclic amines) is 2. The van der Waals surface area contributed by atoms with Gasteiger partial charge >= 0.3 is 6.03 Å². The fourth-order valence-electron chi connectivity index (χ4n) is 4.72. The topological polar surface area (TPSA) is 52.7 Å². The molecule has 1 aliphatic carbocycles. The van der Waals surface area contributed by atoms with Crippen LogP contribution in [0.3, 0.4) is 0 Å². The highest BCUT2D eigenvalue weighted by molar-refractivity contribution is 5.76. The molecule has 2 saturated heterocycles. The van der Waals surface area contributed by atoms with Crippen molar-refractivity contribution in [2.45, 2.75) is 44.7 Å². The van der Waals surface area contributed by atoms with Crippen LogP contribution in [0.4, 0.5) is 4.79 Å². The highest BCUT2D eigenvalue weighted by Crippen LogP contribution is 2.51. The number of amides is 3. The van der Waals surface area contributed by atoms with E-state index < -0.39 is 0 Å². The summed E-state index contributed by atoms with van der Waals surface area (Å²) in [6.07, 6.45) is 4.17. The van der Waals surface area contributed by atoms with Gasteiger partial charge in [0.05, 0.1) is 6.04 Å². The number of hydrogen-bond acceptors (Lipinski definition) is 2. The van der Waals surface area contributed by atoms with Crippen LogP contribution >= 0.6 is 0 Å². The summed E-state index contributed by atoms with van der Waals surface area (Å²) in [6, 6.07) is 10.9. The number of carbonyl (C=O) groups excluding carboxylic acids is 2. The zero-order chi connectivity index (χ0) is 17.4. The predicted octanol–water partition coefficient (Wildman–Crippen LogP) is 2.79. The zero-order valence-corrected chi connectivity index (χ0v) is 14.9. The van der Waals surface area contributed by atoms with Gasteiger partial charge in [-0.2, -0.15) is 0 Å². The maximum absolute atomic E-state index is 13.0. The summed E-state index contributed by atoms with van der Waals surface area (Å²) in [4.78, 5) is 28.3. The summed E-state index contributed by atoms with van der Waals surface area (Å²) in [5, 5.41) is 3.24. The molecule has 3 fully saturated rings. The van der Waals surface area contributed by atoms with E-state index in [-0.39, 0.29) is 24.0 Å². The molecule has 25 heavy (non-hydrogen) atoms. The molecule has 134 valence electrons. The fraction of sp³-hybridized carbons (Fsp3) is 0.600. The molecule has 0 unspecified atom stereocenters. The molecule has 0 spiro atoms. The average molecular weight is 341 g/mol. The molecule has 5 heteroatoms. The maximum Gasteiger partial charge on any atom is 0.318 e. The molecule has 1 N–H and O–H groups in total. The van der Waals surface area contributed by atoms with Crippen molar-refractivity contribution in [3.63, 3.8) is 0 Å². The highest BCUT2D eigenvalue weighted by Gasteiger charge is 2.49. The van der Waals surface area contributed by atoms with E-state index in [1.807, 2.05) is 11.0 Å². The second kappa shape index (κ2) is 6.70. The van der Waals surface area contributed by atoms with Crippen molar-refractivity contribution < 1.29 is 9.59 Å². The number of nitrogens with zero attached hydrogens (tertiary/aromatic N) is 2. The van der Waals surface area contributed by atoms with E-state index in [9.17, 15) is 9.59 Å². The van der Waals surface area contributed by atoms with E-state index in [4.69, 9.17) is 0 Å². The lowest BCUT2D eigenvalue weighted by Gasteiger charge is -2.35. The Hall–Kier alpha value is -2.04.